The van der Waals surface area contributed by atoms with E-state index in [1.165, 1.54) is 0 Å². The van der Waals surface area contributed by atoms with Crippen molar-refractivity contribution in [2.45, 2.75) is 39.2 Å². The first-order valence-electron chi connectivity index (χ1n) is 7.70. The van der Waals surface area contributed by atoms with Crippen LogP contribution in [0.1, 0.15) is 32.3 Å². The van der Waals surface area contributed by atoms with E-state index in [2.05, 4.69) is 5.32 Å². The number of hydrogen-bond acceptors (Lipinski definition) is 3. The average molecular weight is 305 g/mol. The van der Waals surface area contributed by atoms with Crippen LogP contribution in [-0.4, -0.2) is 29.7 Å². The molecule has 0 aromatic heterocycles. The SMILES string of the molecule is CC1CC(C(=O)Nc2ccc(CC(C)C(=O)O)cc2)CCO1. The maximum absolute atomic E-state index is 12.2. The topological polar surface area (TPSA) is 75.6 Å². The Bertz CT molecular complexity index is 526. The zero-order valence-electron chi connectivity index (χ0n) is 13.0. The smallest absolute Gasteiger partial charge is 0.306 e. The summed E-state index contributed by atoms with van der Waals surface area (Å²) in [6.45, 7) is 4.30. The van der Waals surface area contributed by atoms with Crippen molar-refractivity contribution < 1.29 is 19.4 Å². The summed E-state index contributed by atoms with van der Waals surface area (Å²) in [5, 5.41) is 11.8. The number of carboxylic acid groups (broad SMARTS) is 1. The maximum Gasteiger partial charge on any atom is 0.306 e. The predicted octanol–water partition coefficient (Wildman–Crippen LogP) is 2.70. The van der Waals surface area contributed by atoms with Gasteiger partial charge in [0.1, 0.15) is 0 Å². The average Bonchev–Trinajstić information content (AvgIpc) is 2.49. The van der Waals surface area contributed by atoms with Gasteiger partial charge in [0, 0.05) is 18.2 Å². The fraction of sp³-hybridized carbons (Fsp3) is 0.529. The highest BCUT2D eigenvalue weighted by Crippen LogP contribution is 2.22. The molecule has 22 heavy (non-hydrogen) atoms. The lowest BCUT2D eigenvalue weighted by Crippen LogP contribution is -2.32. The summed E-state index contributed by atoms with van der Waals surface area (Å²) in [4.78, 5) is 23.1. The van der Waals surface area contributed by atoms with Gasteiger partial charge in [-0.15, -0.1) is 0 Å². The van der Waals surface area contributed by atoms with E-state index in [0.717, 1.165) is 24.1 Å². The molecule has 1 heterocycles. The van der Waals surface area contributed by atoms with Crippen molar-refractivity contribution in [3.63, 3.8) is 0 Å². The number of carbonyl (C=O) groups is 2. The fourth-order valence-corrected chi connectivity index (χ4v) is 2.65. The minimum atomic E-state index is -0.800. The molecule has 0 aliphatic carbocycles. The van der Waals surface area contributed by atoms with Crippen LogP contribution in [-0.2, 0) is 20.7 Å². The number of amides is 1. The van der Waals surface area contributed by atoms with Gasteiger partial charge in [0.05, 0.1) is 12.0 Å². The number of anilines is 1. The molecular formula is C17H23NO4. The molecule has 120 valence electrons. The minimum Gasteiger partial charge on any atom is -0.481 e. The lowest BCUT2D eigenvalue weighted by atomic mass is 9.95. The van der Waals surface area contributed by atoms with Gasteiger partial charge in [-0.25, -0.2) is 0 Å². The summed E-state index contributed by atoms with van der Waals surface area (Å²) in [6.07, 6.45) is 2.12. The van der Waals surface area contributed by atoms with Crippen molar-refractivity contribution in [3.8, 4) is 0 Å². The molecule has 0 spiro atoms. The second kappa shape index (κ2) is 7.40. The molecule has 2 rings (SSSR count). The molecule has 1 fully saturated rings. The zero-order valence-corrected chi connectivity index (χ0v) is 13.0. The van der Waals surface area contributed by atoms with Crippen LogP contribution in [0.25, 0.3) is 0 Å². The Balaban J connectivity index is 1.90. The first kappa shape index (κ1) is 16.5. The molecule has 0 bridgehead atoms. The van der Waals surface area contributed by atoms with Gasteiger partial charge in [-0.05, 0) is 43.9 Å². The van der Waals surface area contributed by atoms with Crippen molar-refractivity contribution in [3.05, 3.63) is 29.8 Å². The largest absolute Gasteiger partial charge is 0.481 e. The summed E-state index contributed by atoms with van der Waals surface area (Å²) < 4.78 is 5.45. The molecule has 2 N–H and O–H groups in total. The van der Waals surface area contributed by atoms with Crippen LogP contribution in [0.15, 0.2) is 24.3 Å². The molecule has 5 heteroatoms. The number of benzene rings is 1. The number of carbonyl (C=O) groups excluding carboxylic acids is 1. The predicted molar refractivity (Wildman–Crippen MR) is 83.7 cm³/mol. The van der Waals surface area contributed by atoms with Crippen LogP contribution in [0.3, 0.4) is 0 Å². The van der Waals surface area contributed by atoms with Gasteiger partial charge in [-0.1, -0.05) is 19.1 Å². The van der Waals surface area contributed by atoms with E-state index in [9.17, 15) is 9.59 Å². The molecular weight excluding hydrogens is 282 g/mol. The third-order valence-electron chi connectivity index (χ3n) is 4.04. The van der Waals surface area contributed by atoms with Gasteiger partial charge in [0.2, 0.25) is 5.91 Å². The van der Waals surface area contributed by atoms with E-state index < -0.39 is 11.9 Å². The number of nitrogens with one attached hydrogen (secondary N) is 1. The van der Waals surface area contributed by atoms with E-state index >= 15 is 0 Å². The van der Waals surface area contributed by atoms with Gasteiger partial charge in [-0.3, -0.25) is 9.59 Å². The molecule has 1 amide bonds. The maximum atomic E-state index is 12.2. The summed E-state index contributed by atoms with van der Waals surface area (Å²) in [6, 6.07) is 7.37. The molecule has 0 saturated carbocycles. The van der Waals surface area contributed by atoms with Gasteiger partial charge >= 0.3 is 5.97 Å². The lowest BCUT2D eigenvalue weighted by molar-refractivity contribution is -0.141. The highest BCUT2D eigenvalue weighted by molar-refractivity contribution is 5.92. The van der Waals surface area contributed by atoms with E-state index in [4.69, 9.17) is 9.84 Å². The van der Waals surface area contributed by atoms with E-state index in [1.54, 1.807) is 6.92 Å². The Morgan fingerprint density at radius 2 is 2.05 bits per heavy atom. The normalized spacial score (nSPS) is 22.8. The standard InChI is InChI=1S/C17H23NO4/c1-11(17(20)21)9-13-3-5-15(6-4-13)18-16(19)14-7-8-22-12(2)10-14/h3-6,11-12,14H,7-10H2,1-2H3,(H,18,19)(H,20,21). The summed E-state index contributed by atoms with van der Waals surface area (Å²) in [7, 11) is 0. The third-order valence-corrected chi connectivity index (χ3v) is 4.04. The molecule has 1 saturated heterocycles. The highest BCUT2D eigenvalue weighted by atomic mass is 16.5. The van der Waals surface area contributed by atoms with E-state index in [1.807, 2.05) is 31.2 Å². The van der Waals surface area contributed by atoms with Crippen LogP contribution in [0, 0.1) is 11.8 Å². The summed E-state index contributed by atoms with van der Waals surface area (Å²) in [5.74, 6) is -1.19. The zero-order chi connectivity index (χ0) is 16.1. The van der Waals surface area contributed by atoms with E-state index in [0.29, 0.717) is 13.0 Å². The second-order valence-electron chi connectivity index (χ2n) is 6.03. The number of ether oxygens (including phenoxy) is 1. The van der Waals surface area contributed by atoms with Crippen LogP contribution in [0.2, 0.25) is 0 Å². The lowest BCUT2D eigenvalue weighted by Gasteiger charge is -2.26. The van der Waals surface area contributed by atoms with Crippen molar-refractivity contribution >= 4 is 17.6 Å². The van der Waals surface area contributed by atoms with Crippen LogP contribution >= 0.6 is 0 Å². The minimum absolute atomic E-state index is 0.00420. The Morgan fingerprint density at radius 1 is 1.36 bits per heavy atom. The number of carboxylic acids is 1. The molecule has 1 aliphatic rings. The van der Waals surface area contributed by atoms with Crippen molar-refractivity contribution in [1.29, 1.82) is 0 Å². The first-order valence-corrected chi connectivity index (χ1v) is 7.70. The molecule has 1 aliphatic heterocycles. The van der Waals surface area contributed by atoms with Crippen LogP contribution in [0.5, 0.6) is 0 Å². The van der Waals surface area contributed by atoms with Crippen LogP contribution < -0.4 is 5.32 Å². The Hall–Kier alpha value is -1.88. The number of aliphatic carboxylic acids is 1. The highest BCUT2D eigenvalue weighted by Gasteiger charge is 2.25. The Labute approximate surface area is 130 Å². The van der Waals surface area contributed by atoms with Gasteiger partial charge in [0.15, 0.2) is 0 Å². The molecule has 3 atom stereocenters. The Morgan fingerprint density at radius 3 is 2.64 bits per heavy atom. The molecule has 5 nitrogen and oxygen atoms in total. The summed E-state index contributed by atoms with van der Waals surface area (Å²) in [5.41, 5.74) is 1.70. The van der Waals surface area contributed by atoms with Crippen molar-refractivity contribution in [2.75, 3.05) is 11.9 Å². The molecule has 1 aromatic carbocycles. The molecule has 1 aromatic rings. The number of rotatable bonds is 5. The van der Waals surface area contributed by atoms with Gasteiger partial charge < -0.3 is 15.2 Å². The summed E-state index contributed by atoms with van der Waals surface area (Å²) >= 11 is 0. The second-order valence-corrected chi connectivity index (χ2v) is 6.03. The quantitative estimate of drug-likeness (QED) is 0.877. The van der Waals surface area contributed by atoms with Crippen molar-refractivity contribution in [2.24, 2.45) is 11.8 Å². The third kappa shape index (κ3) is 4.56. The van der Waals surface area contributed by atoms with E-state index in [-0.39, 0.29) is 17.9 Å². The van der Waals surface area contributed by atoms with Crippen LogP contribution in [0.4, 0.5) is 5.69 Å². The monoisotopic (exact) mass is 305 g/mol. The molecule has 3 unspecified atom stereocenters. The van der Waals surface area contributed by atoms with Gasteiger partial charge in [-0.2, -0.15) is 0 Å². The number of hydrogen-bond donors (Lipinski definition) is 2. The Kier molecular flexibility index (Phi) is 5.55. The van der Waals surface area contributed by atoms with Gasteiger partial charge in [0.25, 0.3) is 0 Å². The fourth-order valence-electron chi connectivity index (χ4n) is 2.65. The van der Waals surface area contributed by atoms with Crippen molar-refractivity contribution in [1.82, 2.24) is 0 Å². The molecule has 0 radical (unpaired) electrons. The first-order chi connectivity index (χ1) is 10.5.